The van der Waals surface area contributed by atoms with Crippen LogP contribution in [0.25, 0.3) is 11.3 Å². The van der Waals surface area contributed by atoms with Crippen molar-refractivity contribution in [1.82, 2.24) is 10.3 Å². The molecule has 0 spiro atoms. The number of ether oxygens (including phenoxy) is 4. The van der Waals surface area contributed by atoms with Gasteiger partial charge < -0.3 is 40.8 Å². The van der Waals surface area contributed by atoms with Gasteiger partial charge in [0.2, 0.25) is 5.60 Å². The van der Waals surface area contributed by atoms with Gasteiger partial charge in [-0.25, -0.2) is 9.37 Å². The lowest BCUT2D eigenvalue weighted by atomic mass is 9.89. The molecule has 0 fully saturated rings. The summed E-state index contributed by atoms with van der Waals surface area (Å²) < 4.78 is 79.0. The summed E-state index contributed by atoms with van der Waals surface area (Å²) in [4.78, 5) is 29.1. The molecule has 2 aromatic carbocycles. The normalized spacial score (nSPS) is 17.7. The molecule has 0 bridgehead atoms. The number of aromatic nitrogens is 1. The van der Waals surface area contributed by atoms with E-state index in [2.05, 4.69) is 10.3 Å². The van der Waals surface area contributed by atoms with Crippen LogP contribution in [-0.2, 0) is 20.7 Å². The highest BCUT2D eigenvalue weighted by Gasteiger charge is 2.57. The number of nitrogens with zero attached hydrogens (tertiary/aromatic N) is 1. The number of benzene rings is 2. The molecule has 1 aromatic heterocycles. The maximum Gasteiger partial charge on any atom is 0.424 e. The van der Waals surface area contributed by atoms with Crippen molar-refractivity contribution in [3.05, 3.63) is 71.2 Å². The number of fused-ring (bicyclic) bond motifs is 1. The number of hydrogen-bond acceptors (Lipinski definition) is 10. The smallest absolute Gasteiger partial charge is 0.424 e. The molecule has 254 valence electrons. The summed E-state index contributed by atoms with van der Waals surface area (Å²) in [6.07, 6.45) is -5.32. The highest BCUT2D eigenvalue weighted by atomic mass is 19.4. The largest absolute Gasteiger partial charge is 0.493 e. The van der Waals surface area contributed by atoms with Crippen molar-refractivity contribution in [2.45, 2.75) is 44.1 Å². The molecule has 0 radical (unpaired) electrons. The Hall–Kier alpha value is -4.47. The number of methoxy groups -OCH3 is 1. The Balaban J connectivity index is 1.55. The molecular weight excluding hydrogens is 628 g/mol. The lowest BCUT2D eigenvalue weighted by molar-refractivity contribution is -0.265. The number of amides is 1. The van der Waals surface area contributed by atoms with E-state index in [0.29, 0.717) is 0 Å². The third kappa shape index (κ3) is 7.58. The van der Waals surface area contributed by atoms with Crippen LogP contribution in [-0.4, -0.2) is 67.7 Å². The monoisotopic (exact) mass is 664 g/mol. The molecule has 1 aliphatic rings. The van der Waals surface area contributed by atoms with Crippen LogP contribution in [0.4, 0.5) is 17.6 Å². The second-order valence-electron chi connectivity index (χ2n) is 11.6. The molecule has 0 saturated heterocycles. The number of esters is 1. The molecule has 0 saturated carbocycles. The molecule has 2 heterocycles. The highest BCUT2D eigenvalue weighted by molar-refractivity contribution is 5.95. The number of halogens is 4. The number of nitrogens with two attached hydrogens (primary N) is 2. The van der Waals surface area contributed by atoms with E-state index in [1.165, 1.54) is 37.4 Å². The molecule has 6 N–H and O–H groups in total. The summed E-state index contributed by atoms with van der Waals surface area (Å²) in [5.41, 5.74) is 6.47. The van der Waals surface area contributed by atoms with E-state index in [-0.39, 0.29) is 65.4 Å². The lowest BCUT2D eigenvalue weighted by Gasteiger charge is -2.31. The van der Waals surface area contributed by atoms with Crippen molar-refractivity contribution >= 4 is 11.9 Å². The zero-order valence-electron chi connectivity index (χ0n) is 26.1. The molecule has 1 amide bonds. The minimum absolute atomic E-state index is 0.0698. The highest BCUT2D eigenvalue weighted by Crippen LogP contribution is 2.46. The number of carbonyl (C=O) groups excluding carboxylic acids is 2. The first-order valence-electron chi connectivity index (χ1n) is 14.5. The van der Waals surface area contributed by atoms with Gasteiger partial charge in [-0.1, -0.05) is 13.8 Å². The number of aliphatic hydroxyl groups is 1. The fourth-order valence-corrected chi connectivity index (χ4v) is 4.66. The predicted octanol–water partition coefficient (Wildman–Crippen LogP) is 3.55. The average Bonchev–Trinajstić information content (AvgIpc) is 3.34. The van der Waals surface area contributed by atoms with Crippen LogP contribution >= 0.6 is 0 Å². The van der Waals surface area contributed by atoms with Crippen LogP contribution in [0.5, 0.6) is 17.2 Å². The summed E-state index contributed by atoms with van der Waals surface area (Å²) in [5.74, 6) is -1.91. The van der Waals surface area contributed by atoms with E-state index in [9.17, 15) is 32.3 Å². The van der Waals surface area contributed by atoms with Crippen molar-refractivity contribution in [2.75, 3.05) is 33.5 Å². The summed E-state index contributed by atoms with van der Waals surface area (Å²) in [7, 11) is 1.29. The maximum atomic E-state index is 14.6. The van der Waals surface area contributed by atoms with E-state index in [0.717, 1.165) is 18.2 Å². The first kappa shape index (κ1) is 35.4. The van der Waals surface area contributed by atoms with Crippen LogP contribution in [0.3, 0.4) is 0 Å². The van der Waals surface area contributed by atoms with Crippen LogP contribution in [0, 0.1) is 11.7 Å². The van der Waals surface area contributed by atoms with E-state index < -0.39 is 53.3 Å². The molecule has 4 rings (SSSR count). The molecular formula is C32H36F4N4O7. The van der Waals surface area contributed by atoms with Gasteiger partial charge in [-0.15, -0.1) is 0 Å². The van der Waals surface area contributed by atoms with Crippen LogP contribution in [0.1, 0.15) is 42.4 Å². The van der Waals surface area contributed by atoms with Gasteiger partial charge >= 0.3 is 12.1 Å². The number of hydrogen-bond donors (Lipinski definition) is 4. The SMILES string of the molecule is COc1cc(C(=O)NCC(O)(c2cc3c(c(-c4ccc(F)cc4)n2)OCC3(C)N)C(F)(F)F)ccc1OCCOC(=O)C(N)C(C)C. The summed E-state index contributed by atoms with van der Waals surface area (Å²) in [6.45, 7) is 3.50. The number of alkyl halides is 3. The zero-order valence-corrected chi connectivity index (χ0v) is 26.1. The second kappa shape index (κ2) is 13.7. The fourth-order valence-electron chi connectivity index (χ4n) is 4.66. The van der Waals surface area contributed by atoms with Gasteiger partial charge in [-0.3, -0.25) is 9.59 Å². The molecule has 3 unspecified atom stereocenters. The van der Waals surface area contributed by atoms with Crippen LogP contribution in [0.15, 0.2) is 48.5 Å². The molecule has 0 aliphatic carbocycles. The quantitative estimate of drug-likeness (QED) is 0.128. The van der Waals surface area contributed by atoms with Crippen molar-refractivity contribution in [2.24, 2.45) is 17.4 Å². The van der Waals surface area contributed by atoms with Gasteiger partial charge in [0, 0.05) is 16.7 Å². The third-order valence-corrected chi connectivity index (χ3v) is 7.62. The van der Waals surface area contributed by atoms with E-state index >= 15 is 0 Å². The second-order valence-corrected chi connectivity index (χ2v) is 11.6. The van der Waals surface area contributed by atoms with Gasteiger partial charge in [-0.2, -0.15) is 13.2 Å². The first-order chi connectivity index (χ1) is 22.0. The number of rotatable bonds is 12. The summed E-state index contributed by atoms with van der Waals surface area (Å²) >= 11 is 0. The Morgan fingerprint density at radius 2 is 1.79 bits per heavy atom. The zero-order chi connectivity index (χ0) is 34.7. The van der Waals surface area contributed by atoms with E-state index in [4.69, 9.17) is 30.4 Å². The summed E-state index contributed by atoms with van der Waals surface area (Å²) in [6, 6.07) is 8.89. The molecule has 1 aliphatic heterocycles. The Kier molecular flexibility index (Phi) is 10.3. The molecule has 3 aromatic rings. The van der Waals surface area contributed by atoms with Crippen molar-refractivity contribution in [3.63, 3.8) is 0 Å². The summed E-state index contributed by atoms with van der Waals surface area (Å²) in [5, 5.41) is 13.3. The van der Waals surface area contributed by atoms with E-state index in [1.54, 1.807) is 20.8 Å². The van der Waals surface area contributed by atoms with Gasteiger partial charge in [0.05, 0.1) is 24.9 Å². The maximum absolute atomic E-state index is 14.6. The van der Waals surface area contributed by atoms with Crippen LogP contribution in [0.2, 0.25) is 0 Å². The van der Waals surface area contributed by atoms with Gasteiger partial charge in [0.25, 0.3) is 5.91 Å². The Labute approximate surface area is 268 Å². The fraction of sp³-hybridized carbons (Fsp3) is 0.406. The van der Waals surface area contributed by atoms with Gasteiger partial charge in [-0.05, 0) is 61.4 Å². The Bertz CT molecular complexity index is 1620. The number of pyridine rings is 1. The minimum atomic E-state index is -5.32. The minimum Gasteiger partial charge on any atom is -0.493 e. The molecule has 11 nitrogen and oxygen atoms in total. The predicted molar refractivity (Wildman–Crippen MR) is 161 cm³/mol. The van der Waals surface area contributed by atoms with Crippen molar-refractivity contribution < 1.29 is 51.2 Å². The lowest BCUT2D eigenvalue weighted by Crippen LogP contribution is -2.51. The Morgan fingerprint density at radius 1 is 1.11 bits per heavy atom. The van der Waals surface area contributed by atoms with Gasteiger partial charge in [0.15, 0.2) is 17.2 Å². The van der Waals surface area contributed by atoms with Crippen molar-refractivity contribution in [3.8, 4) is 28.5 Å². The average molecular weight is 665 g/mol. The Morgan fingerprint density at radius 3 is 2.40 bits per heavy atom. The van der Waals surface area contributed by atoms with Crippen molar-refractivity contribution in [1.29, 1.82) is 0 Å². The van der Waals surface area contributed by atoms with Crippen LogP contribution < -0.4 is 31.0 Å². The standard InChI is InChI=1S/C32H36F4N4O7/c1-17(2)25(37)29(42)46-12-11-45-22-10-7-19(13-23(22)44-4)28(41)39-15-31(43,32(34,35)36)24-14-21-27(47-16-30(21,3)38)26(40-24)18-5-8-20(33)9-6-18/h5-10,13-14,17,25,43H,11-12,15-16,37-38H2,1-4H3,(H,39,41). The molecule has 47 heavy (non-hydrogen) atoms. The number of nitrogens with one attached hydrogen (secondary N) is 1. The van der Waals surface area contributed by atoms with E-state index in [1.807, 2.05) is 0 Å². The number of carbonyl (C=O) groups is 2. The molecule has 15 heteroatoms. The third-order valence-electron chi connectivity index (χ3n) is 7.62. The first-order valence-corrected chi connectivity index (χ1v) is 14.5. The van der Waals surface area contributed by atoms with Gasteiger partial charge in [0.1, 0.15) is 37.4 Å². The topological polar surface area (TPSA) is 168 Å². The molecule has 3 atom stereocenters.